The van der Waals surface area contributed by atoms with Gasteiger partial charge in [0, 0.05) is 19.3 Å². The Balaban J connectivity index is 4.09. The lowest BCUT2D eigenvalue weighted by molar-refractivity contribution is -0.167. The average molecular weight is 978 g/mol. The molecule has 0 rings (SSSR count). The summed E-state index contributed by atoms with van der Waals surface area (Å²) in [6.07, 6.45) is 75.1. The molecule has 0 aliphatic rings. The number of hydrogen-bond donors (Lipinski definition) is 0. The number of esters is 3. The summed E-state index contributed by atoms with van der Waals surface area (Å²) in [5.41, 5.74) is 0. The molecule has 6 heteroatoms. The van der Waals surface area contributed by atoms with Crippen molar-refractivity contribution < 1.29 is 28.6 Å². The standard InChI is InChI=1S/C64H112O6/c1-4-7-10-13-16-18-20-22-24-26-28-29-30-31-32-33-34-35-37-38-40-42-44-46-48-51-54-57-63(66)69-60-61(59-68-62(65)56-53-50-15-12-9-6-3)70-64(67)58-55-52-49-47-45-43-41-39-36-27-25-23-21-19-17-14-11-8-5-2/h8,11,17,19-20,22-23,25-26,28,36,39,61H,4-7,9-10,12-16,18,21,24,27,29-35,37-38,40-60H2,1-3H3/b11-8-,19-17-,22-20-,25-23-,28-26-,39-36-. The second-order valence-electron chi connectivity index (χ2n) is 19.9. The topological polar surface area (TPSA) is 78.9 Å². The summed E-state index contributed by atoms with van der Waals surface area (Å²) < 4.78 is 16.8. The third kappa shape index (κ3) is 55.8. The van der Waals surface area contributed by atoms with Crippen LogP contribution in [0.1, 0.15) is 297 Å². The molecule has 0 aliphatic heterocycles. The van der Waals surface area contributed by atoms with Gasteiger partial charge in [-0.3, -0.25) is 14.4 Å². The molecule has 0 saturated carbocycles. The Morgan fingerprint density at radius 2 is 0.557 bits per heavy atom. The maximum atomic E-state index is 12.8. The van der Waals surface area contributed by atoms with Crippen LogP contribution in [0, 0.1) is 0 Å². The molecule has 0 saturated heterocycles. The highest BCUT2D eigenvalue weighted by atomic mass is 16.6. The predicted molar refractivity (Wildman–Crippen MR) is 302 cm³/mol. The van der Waals surface area contributed by atoms with Gasteiger partial charge in [0.1, 0.15) is 13.2 Å². The lowest BCUT2D eigenvalue weighted by atomic mass is 10.0. The van der Waals surface area contributed by atoms with Gasteiger partial charge in [0.15, 0.2) is 6.10 Å². The Kier molecular flexibility index (Phi) is 55.8. The number of unbranched alkanes of at least 4 members (excludes halogenated alkanes) is 31. The van der Waals surface area contributed by atoms with Crippen LogP contribution in [0.2, 0.25) is 0 Å². The number of hydrogen-bond acceptors (Lipinski definition) is 6. The minimum atomic E-state index is -0.779. The summed E-state index contributed by atoms with van der Waals surface area (Å²) in [7, 11) is 0. The van der Waals surface area contributed by atoms with E-state index in [1.807, 2.05) is 0 Å². The van der Waals surface area contributed by atoms with Crippen molar-refractivity contribution in [3.05, 3.63) is 72.9 Å². The first-order valence-electron chi connectivity index (χ1n) is 29.9. The molecule has 6 nitrogen and oxygen atoms in total. The van der Waals surface area contributed by atoms with E-state index in [-0.39, 0.29) is 31.1 Å². The number of rotatable bonds is 54. The Labute approximate surface area is 433 Å². The highest BCUT2D eigenvalue weighted by Crippen LogP contribution is 2.16. The summed E-state index contributed by atoms with van der Waals surface area (Å²) >= 11 is 0. The first-order chi connectivity index (χ1) is 34.5. The van der Waals surface area contributed by atoms with E-state index in [2.05, 4.69) is 93.7 Å². The largest absolute Gasteiger partial charge is 0.462 e. The maximum Gasteiger partial charge on any atom is 0.306 e. The van der Waals surface area contributed by atoms with Crippen molar-refractivity contribution in [2.75, 3.05) is 13.2 Å². The summed E-state index contributed by atoms with van der Waals surface area (Å²) in [6, 6.07) is 0. The summed E-state index contributed by atoms with van der Waals surface area (Å²) in [6.45, 7) is 6.47. The van der Waals surface area contributed by atoms with Gasteiger partial charge in [0.2, 0.25) is 0 Å². The monoisotopic (exact) mass is 977 g/mol. The fraction of sp³-hybridized carbons (Fsp3) is 0.766. The van der Waals surface area contributed by atoms with Crippen LogP contribution in [0.4, 0.5) is 0 Å². The smallest absolute Gasteiger partial charge is 0.306 e. The Hall–Kier alpha value is -3.15. The van der Waals surface area contributed by atoms with Crippen molar-refractivity contribution in [3.8, 4) is 0 Å². The molecular weight excluding hydrogens is 865 g/mol. The van der Waals surface area contributed by atoms with E-state index < -0.39 is 6.10 Å². The molecule has 0 aromatic heterocycles. The molecule has 0 aromatic carbocycles. The van der Waals surface area contributed by atoms with Crippen LogP contribution in [-0.2, 0) is 28.6 Å². The molecule has 1 atom stereocenters. The zero-order valence-corrected chi connectivity index (χ0v) is 46.3. The fourth-order valence-electron chi connectivity index (χ4n) is 8.47. The van der Waals surface area contributed by atoms with Crippen LogP contribution in [0.3, 0.4) is 0 Å². The summed E-state index contributed by atoms with van der Waals surface area (Å²) in [4.78, 5) is 37.9. The van der Waals surface area contributed by atoms with Crippen molar-refractivity contribution in [3.63, 3.8) is 0 Å². The van der Waals surface area contributed by atoms with Crippen molar-refractivity contribution >= 4 is 17.9 Å². The molecule has 0 aliphatic carbocycles. The van der Waals surface area contributed by atoms with Gasteiger partial charge in [-0.1, -0.05) is 261 Å². The molecule has 404 valence electrons. The van der Waals surface area contributed by atoms with Gasteiger partial charge >= 0.3 is 17.9 Å². The van der Waals surface area contributed by atoms with Crippen molar-refractivity contribution in [2.45, 2.75) is 303 Å². The van der Waals surface area contributed by atoms with E-state index in [0.29, 0.717) is 19.3 Å². The molecule has 0 amide bonds. The van der Waals surface area contributed by atoms with Gasteiger partial charge in [-0.05, 0) is 89.9 Å². The summed E-state index contributed by atoms with van der Waals surface area (Å²) in [5, 5.41) is 0. The second-order valence-corrected chi connectivity index (χ2v) is 19.9. The first kappa shape index (κ1) is 66.9. The zero-order valence-electron chi connectivity index (χ0n) is 46.3. The molecule has 1 unspecified atom stereocenters. The SMILES string of the molecule is CC/C=C\C/C=C\C/C=C\C/C=C\CCCCCCCCC(=O)OC(COC(=O)CCCCCCCC)COC(=O)CCCCCCCCCCCCCCCCC/C=C\C/C=C\CCCCCCC. The minimum Gasteiger partial charge on any atom is -0.462 e. The first-order valence-corrected chi connectivity index (χ1v) is 29.9. The summed E-state index contributed by atoms with van der Waals surface area (Å²) in [5.74, 6) is -0.895. The zero-order chi connectivity index (χ0) is 50.7. The van der Waals surface area contributed by atoms with Gasteiger partial charge in [-0.15, -0.1) is 0 Å². The Bertz CT molecular complexity index is 1310. The Morgan fingerprint density at radius 1 is 0.300 bits per heavy atom. The Morgan fingerprint density at radius 3 is 0.871 bits per heavy atom. The second kappa shape index (κ2) is 58.4. The lowest BCUT2D eigenvalue weighted by Crippen LogP contribution is -2.30. The average Bonchev–Trinajstić information content (AvgIpc) is 3.36. The number of ether oxygens (including phenoxy) is 3. The van der Waals surface area contributed by atoms with Gasteiger partial charge in [0.25, 0.3) is 0 Å². The van der Waals surface area contributed by atoms with E-state index in [1.165, 1.54) is 154 Å². The lowest BCUT2D eigenvalue weighted by Gasteiger charge is -2.18. The van der Waals surface area contributed by atoms with Crippen LogP contribution in [-0.4, -0.2) is 37.2 Å². The fourth-order valence-corrected chi connectivity index (χ4v) is 8.47. The van der Waals surface area contributed by atoms with Gasteiger partial charge in [-0.25, -0.2) is 0 Å². The molecular formula is C64H112O6. The van der Waals surface area contributed by atoms with Gasteiger partial charge in [-0.2, -0.15) is 0 Å². The molecule has 0 N–H and O–H groups in total. The van der Waals surface area contributed by atoms with Crippen molar-refractivity contribution in [2.24, 2.45) is 0 Å². The third-order valence-corrected chi connectivity index (χ3v) is 12.9. The van der Waals surface area contributed by atoms with E-state index in [4.69, 9.17) is 14.2 Å². The van der Waals surface area contributed by atoms with Crippen LogP contribution in [0.25, 0.3) is 0 Å². The van der Waals surface area contributed by atoms with E-state index in [0.717, 1.165) is 103 Å². The molecule has 0 bridgehead atoms. The van der Waals surface area contributed by atoms with E-state index in [9.17, 15) is 14.4 Å². The van der Waals surface area contributed by atoms with Gasteiger partial charge in [0.05, 0.1) is 0 Å². The molecule has 0 radical (unpaired) electrons. The molecule has 0 fully saturated rings. The molecule has 0 spiro atoms. The van der Waals surface area contributed by atoms with Crippen molar-refractivity contribution in [1.82, 2.24) is 0 Å². The van der Waals surface area contributed by atoms with Crippen molar-refractivity contribution in [1.29, 1.82) is 0 Å². The van der Waals surface area contributed by atoms with Crippen LogP contribution in [0.15, 0.2) is 72.9 Å². The van der Waals surface area contributed by atoms with Crippen LogP contribution < -0.4 is 0 Å². The maximum absolute atomic E-state index is 12.8. The number of carbonyl (C=O) groups excluding carboxylic acids is 3. The van der Waals surface area contributed by atoms with E-state index >= 15 is 0 Å². The third-order valence-electron chi connectivity index (χ3n) is 12.9. The van der Waals surface area contributed by atoms with Gasteiger partial charge < -0.3 is 14.2 Å². The molecule has 70 heavy (non-hydrogen) atoms. The minimum absolute atomic E-state index is 0.0796. The quantitative estimate of drug-likeness (QED) is 0.0261. The number of carbonyl (C=O) groups is 3. The van der Waals surface area contributed by atoms with E-state index in [1.54, 1.807) is 0 Å². The predicted octanol–water partition coefficient (Wildman–Crippen LogP) is 20.2. The van der Waals surface area contributed by atoms with Crippen LogP contribution >= 0.6 is 0 Å². The molecule has 0 heterocycles. The normalized spacial score (nSPS) is 12.6. The molecule has 0 aromatic rings. The highest BCUT2D eigenvalue weighted by molar-refractivity contribution is 5.71. The number of allylic oxidation sites excluding steroid dienone is 12. The van der Waals surface area contributed by atoms with Crippen LogP contribution in [0.5, 0.6) is 0 Å². The highest BCUT2D eigenvalue weighted by Gasteiger charge is 2.19.